The maximum Gasteiger partial charge on any atom is 0.195 e. The Morgan fingerprint density at radius 3 is 2.59 bits per heavy atom. The smallest absolute Gasteiger partial charge is 0.195 e. The number of halogens is 3. The third-order valence-electron chi connectivity index (χ3n) is 4.60. The zero-order valence-corrected chi connectivity index (χ0v) is 15.9. The molecule has 1 heterocycles. The van der Waals surface area contributed by atoms with Crippen LogP contribution in [0.1, 0.15) is 43.6 Å². The molecule has 162 valence electrons. The van der Waals surface area contributed by atoms with Crippen LogP contribution in [0.4, 0.5) is 13.2 Å². The summed E-state index contributed by atoms with van der Waals surface area (Å²) < 4.78 is 52.9. The molecule has 10 heteroatoms. The van der Waals surface area contributed by atoms with E-state index in [9.17, 15) is 28.5 Å². The van der Waals surface area contributed by atoms with E-state index in [1.165, 1.54) is 6.92 Å². The number of rotatable bonds is 1. The Hall–Kier alpha value is -1.98. The van der Waals surface area contributed by atoms with Crippen molar-refractivity contribution in [1.82, 2.24) is 5.32 Å². The van der Waals surface area contributed by atoms with E-state index in [4.69, 9.17) is 14.9 Å². The molecule has 0 fully saturated rings. The number of ether oxygens (including phenoxy) is 2. The molecule has 0 aromatic heterocycles. The minimum absolute atomic E-state index is 0.176. The van der Waals surface area contributed by atoms with E-state index in [2.05, 4.69) is 11.9 Å². The lowest BCUT2D eigenvalue weighted by molar-refractivity contribution is -0.144. The predicted octanol–water partition coefficient (Wildman–Crippen LogP) is 1.85. The first-order valence-electron chi connectivity index (χ1n) is 9.09. The highest BCUT2D eigenvalue weighted by atomic mass is 19.2. The molecule has 0 saturated carbocycles. The van der Waals surface area contributed by atoms with E-state index in [1.807, 2.05) is 0 Å². The first-order chi connectivity index (χ1) is 13.6. The van der Waals surface area contributed by atoms with Crippen molar-refractivity contribution in [2.75, 3.05) is 13.2 Å². The van der Waals surface area contributed by atoms with E-state index < -0.39 is 65.7 Å². The molecular weight excluding hydrogens is 393 g/mol. The maximum atomic E-state index is 14.2. The van der Waals surface area contributed by atoms with Crippen LogP contribution in [0.15, 0.2) is 18.2 Å². The summed E-state index contributed by atoms with van der Waals surface area (Å²) in [6.45, 7) is 4.56. The molecule has 1 aromatic rings. The summed E-state index contributed by atoms with van der Waals surface area (Å²) in [6.07, 6.45) is -2.73. The Bertz CT molecular complexity index is 762. The van der Waals surface area contributed by atoms with Gasteiger partial charge in [0, 0.05) is 5.56 Å². The number of fused-ring (bicyclic) bond motifs is 2. The lowest BCUT2D eigenvalue weighted by atomic mass is 10.1. The Kier molecular flexibility index (Phi) is 8.17. The van der Waals surface area contributed by atoms with Gasteiger partial charge in [-0.25, -0.2) is 13.2 Å². The fraction of sp³-hybridized carbons (Fsp3) is 0.526. The number of benzene rings is 1. The fourth-order valence-electron chi connectivity index (χ4n) is 2.86. The minimum Gasteiger partial charge on any atom is -0.394 e. The lowest BCUT2D eigenvalue weighted by Gasteiger charge is -2.27. The highest BCUT2D eigenvalue weighted by Crippen LogP contribution is 2.26. The van der Waals surface area contributed by atoms with Crippen LogP contribution in [0, 0.1) is 22.9 Å². The van der Waals surface area contributed by atoms with Gasteiger partial charge in [-0.15, -0.1) is 0 Å². The van der Waals surface area contributed by atoms with Crippen LogP contribution < -0.4 is 5.32 Å². The van der Waals surface area contributed by atoms with Gasteiger partial charge >= 0.3 is 0 Å². The molecule has 7 nitrogen and oxygen atoms in total. The molecule has 29 heavy (non-hydrogen) atoms. The van der Waals surface area contributed by atoms with Crippen molar-refractivity contribution < 1.29 is 38.0 Å². The van der Waals surface area contributed by atoms with E-state index in [-0.39, 0.29) is 13.0 Å². The van der Waals surface area contributed by atoms with E-state index >= 15 is 0 Å². The van der Waals surface area contributed by atoms with Gasteiger partial charge in [0.05, 0.1) is 30.9 Å². The summed E-state index contributed by atoms with van der Waals surface area (Å²) in [4.78, 5) is 0. The van der Waals surface area contributed by atoms with E-state index in [0.717, 1.165) is 6.07 Å². The average Bonchev–Trinajstić information content (AvgIpc) is 2.67. The molecule has 1 aliphatic heterocycles. The monoisotopic (exact) mass is 418 g/mol. The van der Waals surface area contributed by atoms with Crippen molar-refractivity contribution in [3.63, 3.8) is 0 Å². The molecule has 2 unspecified atom stereocenters. The van der Waals surface area contributed by atoms with Gasteiger partial charge in [-0.1, -0.05) is 12.2 Å². The van der Waals surface area contributed by atoms with Crippen LogP contribution in [0.2, 0.25) is 0 Å². The van der Waals surface area contributed by atoms with Crippen molar-refractivity contribution in [2.45, 2.75) is 50.9 Å². The third-order valence-corrected chi connectivity index (χ3v) is 4.60. The number of aliphatic hydroxyl groups excluding tert-OH is 3. The summed E-state index contributed by atoms with van der Waals surface area (Å²) >= 11 is 0. The van der Waals surface area contributed by atoms with E-state index in [0.29, 0.717) is 18.4 Å². The summed E-state index contributed by atoms with van der Waals surface area (Å²) in [5, 5.41) is 40.1. The van der Waals surface area contributed by atoms with Crippen molar-refractivity contribution >= 4 is 5.84 Å². The second-order valence-corrected chi connectivity index (χ2v) is 6.87. The van der Waals surface area contributed by atoms with Crippen molar-refractivity contribution in [3.05, 3.63) is 46.8 Å². The Morgan fingerprint density at radius 2 is 1.93 bits per heavy atom. The van der Waals surface area contributed by atoms with Gasteiger partial charge in [0.2, 0.25) is 0 Å². The van der Waals surface area contributed by atoms with E-state index in [1.54, 1.807) is 0 Å². The maximum absolute atomic E-state index is 14.2. The molecule has 0 radical (unpaired) electrons. The first-order valence-corrected chi connectivity index (χ1v) is 9.09. The Morgan fingerprint density at radius 1 is 1.24 bits per heavy atom. The molecule has 0 saturated heterocycles. The number of hydrogen-bond donors (Lipinski definition) is 5. The number of nitrogens with one attached hydrogen (secondary N) is 2. The fourth-order valence-corrected chi connectivity index (χ4v) is 2.86. The number of hydrogen-bond acceptors (Lipinski definition) is 6. The van der Waals surface area contributed by atoms with Crippen LogP contribution in [0.3, 0.4) is 0 Å². The molecule has 4 atom stereocenters. The molecule has 5 N–H and O–H groups in total. The second-order valence-electron chi connectivity index (χ2n) is 6.87. The molecule has 0 aliphatic carbocycles. The summed E-state index contributed by atoms with van der Waals surface area (Å²) in [5.74, 6) is -5.80. The van der Waals surface area contributed by atoms with Crippen LogP contribution >= 0.6 is 0 Å². The molecule has 1 aliphatic rings. The molecule has 0 spiro atoms. The standard InChI is InChI=1S/C19H25F3N2O5/c1-9-4-3-5-14(26)29-10(2)13(7-25)24-18(23)11-6-12(19(27)28-8-9)16(21)17(22)15(11)20/h6,10,13-14,19,25-27H,1,3-5,7-8H2,2H3,(H2,23,24)/t10-,13-,14?,19?/m1/s1. The molecule has 2 bridgehead atoms. The van der Waals surface area contributed by atoms with Crippen LogP contribution in [-0.2, 0) is 9.47 Å². The highest BCUT2D eigenvalue weighted by Gasteiger charge is 2.28. The Labute approximate surface area is 166 Å². The van der Waals surface area contributed by atoms with Crippen molar-refractivity contribution in [3.8, 4) is 0 Å². The Balaban J connectivity index is 2.42. The van der Waals surface area contributed by atoms with Crippen molar-refractivity contribution in [1.29, 1.82) is 5.41 Å². The van der Waals surface area contributed by atoms with Gasteiger partial charge in [-0.05, 0) is 32.3 Å². The number of aliphatic hydroxyl groups is 3. The second kappa shape index (κ2) is 10.2. The van der Waals surface area contributed by atoms with Gasteiger partial charge in [0.25, 0.3) is 0 Å². The van der Waals surface area contributed by atoms with Gasteiger partial charge in [0.15, 0.2) is 30.0 Å². The zero-order chi connectivity index (χ0) is 21.7. The summed E-state index contributed by atoms with van der Waals surface area (Å²) in [6, 6.07) is -0.186. The molecule has 1 aromatic carbocycles. The first kappa shape index (κ1) is 23.3. The normalized spacial score (nSPS) is 27.6. The van der Waals surface area contributed by atoms with Crippen LogP contribution in [0.25, 0.3) is 0 Å². The summed E-state index contributed by atoms with van der Waals surface area (Å²) in [7, 11) is 0. The average molecular weight is 418 g/mol. The quantitative estimate of drug-likeness (QED) is 0.351. The summed E-state index contributed by atoms with van der Waals surface area (Å²) in [5.41, 5.74) is -0.813. The predicted molar refractivity (Wildman–Crippen MR) is 97.6 cm³/mol. The molecule has 2 rings (SSSR count). The highest BCUT2D eigenvalue weighted by molar-refractivity contribution is 5.97. The van der Waals surface area contributed by atoms with Gasteiger partial charge in [-0.2, -0.15) is 0 Å². The van der Waals surface area contributed by atoms with Crippen LogP contribution in [0.5, 0.6) is 0 Å². The topological polar surface area (TPSA) is 115 Å². The van der Waals surface area contributed by atoms with Crippen LogP contribution in [-0.4, -0.2) is 52.8 Å². The van der Waals surface area contributed by atoms with Gasteiger partial charge in [-0.3, -0.25) is 5.41 Å². The SMILES string of the molecule is C=C1CCCC(O)O[C@H](C)[C@@H](CO)NC(=N)c2cc(c(F)c(F)c2F)C(O)OC1. The third kappa shape index (κ3) is 5.77. The zero-order valence-electron chi connectivity index (χ0n) is 15.9. The minimum atomic E-state index is -1.91. The molecular formula is C19H25F3N2O5. The largest absolute Gasteiger partial charge is 0.394 e. The number of amidine groups is 1. The van der Waals surface area contributed by atoms with Gasteiger partial charge < -0.3 is 30.1 Å². The van der Waals surface area contributed by atoms with Gasteiger partial charge in [0.1, 0.15) is 5.84 Å². The van der Waals surface area contributed by atoms with Crippen molar-refractivity contribution in [2.24, 2.45) is 0 Å². The lowest BCUT2D eigenvalue weighted by Crippen LogP contribution is -2.47. The molecule has 0 amide bonds.